The number of aryl methyl sites for hydroxylation is 2. The summed E-state index contributed by atoms with van der Waals surface area (Å²) in [5, 5.41) is 3.05. The Hall–Kier alpha value is -3.06. The van der Waals surface area contributed by atoms with Crippen molar-refractivity contribution in [3.8, 4) is 17.6 Å². The second-order valence-electron chi connectivity index (χ2n) is 9.97. The van der Waals surface area contributed by atoms with Crippen molar-refractivity contribution in [1.82, 2.24) is 0 Å². The monoisotopic (exact) mass is 519 g/mol. The van der Waals surface area contributed by atoms with Gasteiger partial charge in [0, 0.05) is 24.4 Å². The minimum atomic E-state index is 0.138. The van der Waals surface area contributed by atoms with Gasteiger partial charge in [-0.15, -0.1) is 0 Å². The first kappa shape index (κ1) is 33.0. The van der Waals surface area contributed by atoms with Crippen molar-refractivity contribution in [3.63, 3.8) is 0 Å². The van der Waals surface area contributed by atoms with E-state index in [0.717, 1.165) is 48.6 Å². The van der Waals surface area contributed by atoms with Gasteiger partial charge in [-0.05, 0) is 93.7 Å². The van der Waals surface area contributed by atoms with Crippen LogP contribution in [0.4, 0.5) is 5.69 Å². The lowest BCUT2D eigenvalue weighted by atomic mass is 9.80. The van der Waals surface area contributed by atoms with Crippen molar-refractivity contribution < 1.29 is 14.3 Å². The predicted molar refractivity (Wildman–Crippen MR) is 161 cm³/mol. The summed E-state index contributed by atoms with van der Waals surface area (Å²) in [6.45, 7) is 14.2. The summed E-state index contributed by atoms with van der Waals surface area (Å²) in [6, 6.07) is 12.1. The van der Waals surface area contributed by atoms with Gasteiger partial charge in [-0.2, -0.15) is 0 Å². The van der Waals surface area contributed by atoms with Crippen LogP contribution in [0.2, 0.25) is 0 Å². The molecule has 0 spiro atoms. The largest absolute Gasteiger partial charge is 0.495 e. The van der Waals surface area contributed by atoms with Crippen LogP contribution in [0.5, 0.6) is 5.75 Å². The zero-order valence-electron chi connectivity index (χ0n) is 25.0. The number of nitrogens with one attached hydrogen (secondary N) is 1. The number of anilines is 1. The maximum Gasteiger partial charge on any atom is 0.227 e. The average Bonchev–Trinajstić information content (AvgIpc) is 2.92. The molecule has 208 valence electrons. The van der Waals surface area contributed by atoms with Crippen LogP contribution in [0.25, 0.3) is 0 Å². The number of Topliss-reactive ketones (excluding diaryl/α,β-unsaturated/α-hetero) is 1. The standard InChI is InChI=1S/C20H27NO2.C10H14.C4H8O/c1-4-6-7-17-14-18(12-13-19(17)23-3)21-20(22)16-10-8-15(5-2)9-11-16;1-4-10-8(2)6-5-7-9(10)3;1-3-4(2)5/h12-16H,4-5,8-11H2,1-3H3,(H,21,22);5-7H,4H2,1-3H3;3H2,1-2H3. The third-order valence-corrected chi connectivity index (χ3v) is 7.16. The Morgan fingerprint density at radius 1 is 0.974 bits per heavy atom. The Kier molecular flexibility index (Phi) is 15.8. The molecule has 4 nitrogen and oxygen atoms in total. The number of ketones is 1. The zero-order chi connectivity index (χ0) is 28.5. The summed E-state index contributed by atoms with van der Waals surface area (Å²) in [5.41, 5.74) is 5.96. The first-order valence-corrected chi connectivity index (χ1v) is 14.2. The van der Waals surface area contributed by atoms with Gasteiger partial charge in [-0.3, -0.25) is 4.79 Å². The first-order chi connectivity index (χ1) is 18.2. The highest BCUT2D eigenvalue weighted by molar-refractivity contribution is 5.92. The molecule has 1 amide bonds. The molecule has 0 bridgehead atoms. The van der Waals surface area contributed by atoms with E-state index < -0.39 is 0 Å². The average molecular weight is 520 g/mol. The molecule has 0 aliphatic heterocycles. The molecule has 3 rings (SSSR count). The van der Waals surface area contributed by atoms with Crippen LogP contribution < -0.4 is 10.1 Å². The number of carbonyl (C=O) groups is 2. The van der Waals surface area contributed by atoms with E-state index in [1.165, 1.54) is 36.0 Å². The fourth-order valence-electron chi connectivity index (χ4n) is 4.55. The second-order valence-corrected chi connectivity index (χ2v) is 9.97. The summed E-state index contributed by atoms with van der Waals surface area (Å²) < 4.78 is 5.33. The summed E-state index contributed by atoms with van der Waals surface area (Å²) in [6.07, 6.45) is 8.19. The van der Waals surface area contributed by atoms with E-state index in [1.54, 1.807) is 14.0 Å². The van der Waals surface area contributed by atoms with Gasteiger partial charge >= 0.3 is 0 Å². The molecular weight excluding hydrogens is 470 g/mol. The molecule has 1 aliphatic rings. The highest BCUT2D eigenvalue weighted by Crippen LogP contribution is 2.31. The molecular formula is C34H49NO3. The lowest BCUT2D eigenvalue weighted by molar-refractivity contribution is -0.121. The molecule has 1 saturated carbocycles. The number of ether oxygens (including phenoxy) is 1. The van der Waals surface area contributed by atoms with Gasteiger partial charge in [0.1, 0.15) is 11.5 Å². The number of amides is 1. The van der Waals surface area contributed by atoms with E-state index in [9.17, 15) is 9.59 Å². The van der Waals surface area contributed by atoms with E-state index in [-0.39, 0.29) is 17.6 Å². The minimum absolute atomic E-state index is 0.138. The number of hydrogen-bond donors (Lipinski definition) is 1. The number of carbonyl (C=O) groups excluding carboxylic acids is 2. The smallest absolute Gasteiger partial charge is 0.227 e. The zero-order valence-corrected chi connectivity index (χ0v) is 25.0. The molecule has 38 heavy (non-hydrogen) atoms. The molecule has 0 atom stereocenters. The summed E-state index contributed by atoms with van der Waals surface area (Å²) in [5.74, 6) is 8.23. The van der Waals surface area contributed by atoms with E-state index in [1.807, 2.05) is 32.0 Å². The van der Waals surface area contributed by atoms with E-state index in [0.29, 0.717) is 6.42 Å². The Bertz CT molecular complexity index is 1050. The normalized spacial score (nSPS) is 15.9. The molecule has 1 N–H and O–H groups in total. The molecule has 0 radical (unpaired) electrons. The van der Waals surface area contributed by atoms with Crippen molar-refractivity contribution in [3.05, 3.63) is 58.7 Å². The van der Waals surface area contributed by atoms with Crippen molar-refractivity contribution in [1.29, 1.82) is 0 Å². The van der Waals surface area contributed by atoms with Crippen LogP contribution >= 0.6 is 0 Å². The van der Waals surface area contributed by atoms with Gasteiger partial charge in [-0.25, -0.2) is 0 Å². The molecule has 0 saturated heterocycles. The van der Waals surface area contributed by atoms with Gasteiger partial charge in [0.05, 0.1) is 12.7 Å². The Morgan fingerprint density at radius 3 is 2.03 bits per heavy atom. The summed E-state index contributed by atoms with van der Waals surface area (Å²) in [7, 11) is 1.64. The summed E-state index contributed by atoms with van der Waals surface area (Å²) in [4.78, 5) is 22.3. The molecule has 0 aromatic heterocycles. The molecule has 2 aromatic carbocycles. The number of methoxy groups -OCH3 is 1. The van der Waals surface area contributed by atoms with E-state index in [4.69, 9.17) is 4.74 Å². The van der Waals surface area contributed by atoms with Gasteiger partial charge in [0.25, 0.3) is 0 Å². The Morgan fingerprint density at radius 2 is 1.58 bits per heavy atom. The third-order valence-electron chi connectivity index (χ3n) is 7.16. The number of rotatable bonds is 6. The summed E-state index contributed by atoms with van der Waals surface area (Å²) >= 11 is 0. The lowest BCUT2D eigenvalue weighted by Crippen LogP contribution is -2.27. The first-order valence-electron chi connectivity index (χ1n) is 14.2. The molecule has 1 aliphatic carbocycles. The number of hydrogen-bond acceptors (Lipinski definition) is 3. The van der Waals surface area contributed by atoms with Crippen molar-refractivity contribution >= 4 is 17.4 Å². The van der Waals surface area contributed by atoms with Crippen LogP contribution in [0, 0.1) is 37.5 Å². The second kappa shape index (κ2) is 18.2. The van der Waals surface area contributed by atoms with Crippen molar-refractivity contribution in [2.75, 3.05) is 12.4 Å². The van der Waals surface area contributed by atoms with Crippen LogP contribution in [0.3, 0.4) is 0 Å². The maximum absolute atomic E-state index is 12.5. The predicted octanol–water partition coefficient (Wildman–Crippen LogP) is 8.46. The molecule has 0 unspecified atom stereocenters. The van der Waals surface area contributed by atoms with Crippen LogP contribution in [0.15, 0.2) is 36.4 Å². The van der Waals surface area contributed by atoms with E-state index >= 15 is 0 Å². The molecule has 1 fully saturated rings. The molecule has 4 heteroatoms. The maximum atomic E-state index is 12.5. The van der Waals surface area contributed by atoms with Crippen LogP contribution in [-0.2, 0) is 16.0 Å². The minimum Gasteiger partial charge on any atom is -0.495 e. The fourth-order valence-corrected chi connectivity index (χ4v) is 4.55. The van der Waals surface area contributed by atoms with E-state index in [2.05, 4.69) is 63.1 Å². The van der Waals surface area contributed by atoms with Crippen molar-refractivity contribution in [2.24, 2.45) is 11.8 Å². The SMILES string of the molecule is CCC#Cc1cc(NC(=O)C2CCC(CC)CC2)ccc1OC.CCC(C)=O.CCc1c(C)cccc1C. The number of benzene rings is 2. The fraction of sp³-hybridized carbons (Fsp3) is 0.529. The molecule has 2 aromatic rings. The van der Waals surface area contributed by atoms with Crippen LogP contribution in [-0.4, -0.2) is 18.8 Å². The van der Waals surface area contributed by atoms with Crippen LogP contribution in [0.1, 0.15) is 102 Å². The highest BCUT2D eigenvalue weighted by Gasteiger charge is 2.25. The van der Waals surface area contributed by atoms with Gasteiger partial charge < -0.3 is 14.8 Å². The highest BCUT2D eigenvalue weighted by atomic mass is 16.5. The van der Waals surface area contributed by atoms with Crippen molar-refractivity contribution in [2.45, 2.75) is 99.8 Å². The Balaban J connectivity index is 0.000000395. The lowest BCUT2D eigenvalue weighted by Gasteiger charge is -2.27. The van der Waals surface area contributed by atoms with Gasteiger partial charge in [0.2, 0.25) is 5.91 Å². The topological polar surface area (TPSA) is 55.4 Å². The van der Waals surface area contributed by atoms with Gasteiger partial charge in [-0.1, -0.05) is 64.2 Å². The van der Waals surface area contributed by atoms with Gasteiger partial charge in [0.15, 0.2) is 0 Å². The Labute approximate surface area is 232 Å². The quantitative estimate of drug-likeness (QED) is 0.389. The molecule has 0 heterocycles. The third kappa shape index (κ3) is 11.5.